The van der Waals surface area contributed by atoms with Crippen molar-refractivity contribution in [2.75, 3.05) is 13.2 Å². The summed E-state index contributed by atoms with van der Waals surface area (Å²) in [6.45, 7) is 3.41. The number of nitrogens with zero attached hydrogens (tertiary/aromatic N) is 3. The summed E-state index contributed by atoms with van der Waals surface area (Å²) in [6.07, 6.45) is 4.53. The van der Waals surface area contributed by atoms with Crippen molar-refractivity contribution in [3.63, 3.8) is 0 Å². The van der Waals surface area contributed by atoms with Crippen LogP contribution in [-0.2, 0) is 6.54 Å². The molecule has 0 fully saturated rings. The van der Waals surface area contributed by atoms with E-state index in [9.17, 15) is 10.1 Å². The molecule has 2 heterocycles. The molecule has 8 heteroatoms. The van der Waals surface area contributed by atoms with E-state index in [1.807, 2.05) is 13.0 Å². The Labute approximate surface area is 109 Å². The number of hydrogen-bond donors (Lipinski definition) is 2. The van der Waals surface area contributed by atoms with Crippen molar-refractivity contribution >= 4 is 12.0 Å². The number of nitrogens with one attached hydrogen (secondary N) is 2. The minimum absolute atomic E-state index is 0.0382. The van der Waals surface area contributed by atoms with Crippen molar-refractivity contribution in [3.8, 4) is 6.01 Å². The van der Waals surface area contributed by atoms with Crippen molar-refractivity contribution in [2.24, 2.45) is 0 Å². The summed E-state index contributed by atoms with van der Waals surface area (Å²) in [5.74, 6) is -0.204. The fourth-order valence-electron chi connectivity index (χ4n) is 1.81. The molecule has 2 rings (SSSR count). The lowest BCUT2D eigenvalue weighted by Crippen LogP contribution is -2.42. The zero-order chi connectivity index (χ0) is 13.8. The van der Waals surface area contributed by atoms with Crippen molar-refractivity contribution in [1.29, 1.82) is 5.41 Å². The van der Waals surface area contributed by atoms with E-state index in [1.54, 1.807) is 4.57 Å². The molecule has 0 bridgehead atoms. The number of nitro groups is 1. The maximum absolute atomic E-state index is 10.6. The smallest absolute Gasteiger partial charge is 0.414 e. The first-order valence-corrected chi connectivity index (χ1v) is 5.87. The van der Waals surface area contributed by atoms with Gasteiger partial charge in [0.05, 0.1) is 6.04 Å². The van der Waals surface area contributed by atoms with Gasteiger partial charge in [-0.3, -0.25) is 4.57 Å². The number of ether oxygens (including phenoxy) is 1. The lowest BCUT2D eigenvalue weighted by molar-refractivity contribution is -0.389. The van der Waals surface area contributed by atoms with E-state index in [4.69, 9.17) is 10.1 Å². The first-order chi connectivity index (χ1) is 9.13. The van der Waals surface area contributed by atoms with Crippen molar-refractivity contribution in [3.05, 3.63) is 28.0 Å². The second-order valence-electron chi connectivity index (χ2n) is 4.19. The van der Waals surface area contributed by atoms with Crippen LogP contribution in [0.2, 0.25) is 0 Å². The quantitative estimate of drug-likeness (QED) is 0.464. The van der Waals surface area contributed by atoms with Crippen LogP contribution in [0.25, 0.3) is 0 Å². The van der Waals surface area contributed by atoms with Gasteiger partial charge in [-0.15, -0.1) is 0 Å². The van der Waals surface area contributed by atoms with Crippen LogP contribution < -0.4 is 10.1 Å². The Morgan fingerprint density at radius 3 is 3.26 bits per heavy atom. The van der Waals surface area contributed by atoms with Gasteiger partial charge in [-0.05, 0) is 17.4 Å². The average Bonchev–Trinajstić information content (AvgIpc) is 2.83. The summed E-state index contributed by atoms with van der Waals surface area (Å²) in [6, 6.07) is 0.319. The molecule has 1 atom stereocenters. The topological polar surface area (TPSA) is 106 Å². The Morgan fingerprint density at radius 1 is 1.84 bits per heavy atom. The summed E-state index contributed by atoms with van der Waals surface area (Å²) < 4.78 is 7.00. The minimum Gasteiger partial charge on any atom is -0.444 e. The van der Waals surface area contributed by atoms with Gasteiger partial charge in [0, 0.05) is 24.3 Å². The second-order valence-corrected chi connectivity index (χ2v) is 4.19. The van der Waals surface area contributed by atoms with Gasteiger partial charge < -0.3 is 25.6 Å². The van der Waals surface area contributed by atoms with E-state index < -0.39 is 4.92 Å². The number of fused-ring (bicyclic) bond motifs is 1. The fraction of sp³-hybridized carbons (Fsp3) is 0.455. The number of rotatable bonds is 5. The van der Waals surface area contributed by atoms with Gasteiger partial charge in [-0.2, -0.15) is 0 Å². The van der Waals surface area contributed by atoms with Gasteiger partial charge in [-0.25, -0.2) is 0 Å². The third-order valence-electron chi connectivity index (χ3n) is 2.90. The molecule has 0 spiro atoms. The third kappa shape index (κ3) is 2.97. The molecular formula is C11H15N5O3. The van der Waals surface area contributed by atoms with Crippen molar-refractivity contribution in [2.45, 2.75) is 19.5 Å². The standard InChI is InChI=1S/C11H15N5O3/c1-2-8(3-12)4-13-9-5-15-6-10(16(17)18)14-11(15)19-7-9/h2-3,6,9,12-13H,4-5,7H2,1H3/b8-2+,12-3?/t9-/m0/s1. The number of hydrogen-bond acceptors (Lipinski definition) is 6. The molecule has 2 N–H and O–H groups in total. The molecule has 1 aliphatic heterocycles. The maximum Gasteiger partial charge on any atom is 0.414 e. The van der Waals surface area contributed by atoms with Crippen LogP contribution in [0.15, 0.2) is 17.8 Å². The predicted octanol–water partition coefficient (Wildman–Crippen LogP) is 0.738. The van der Waals surface area contributed by atoms with Gasteiger partial charge in [0.25, 0.3) is 0 Å². The van der Waals surface area contributed by atoms with Gasteiger partial charge in [0.1, 0.15) is 12.8 Å². The van der Waals surface area contributed by atoms with Crippen molar-refractivity contribution < 1.29 is 9.66 Å². The van der Waals surface area contributed by atoms with Gasteiger partial charge in [0.15, 0.2) is 0 Å². The van der Waals surface area contributed by atoms with Crippen LogP contribution in [0.1, 0.15) is 6.92 Å². The second kappa shape index (κ2) is 5.61. The molecule has 0 amide bonds. The Morgan fingerprint density at radius 2 is 2.63 bits per heavy atom. The number of aromatic nitrogens is 2. The van der Waals surface area contributed by atoms with Crippen molar-refractivity contribution in [1.82, 2.24) is 14.9 Å². The summed E-state index contributed by atoms with van der Waals surface area (Å²) in [7, 11) is 0. The molecule has 0 saturated carbocycles. The molecule has 1 aromatic heterocycles. The van der Waals surface area contributed by atoms with Crippen LogP contribution in [0.3, 0.4) is 0 Å². The Kier molecular flexibility index (Phi) is 3.91. The molecule has 1 aromatic rings. The van der Waals surface area contributed by atoms with E-state index in [0.29, 0.717) is 19.7 Å². The molecule has 8 nitrogen and oxygen atoms in total. The predicted molar refractivity (Wildman–Crippen MR) is 68.7 cm³/mol. The van der Waals surface area contributed by atoms with E-state index >= 15 is 0 Å². The van der Waals surface area contributed by atoms with Gasteiger partial charge in [-0.1, -0.05) is 6.08 Å². The molecule has 1 aliphatic rings. The van der Waals surface area contributed by atoms with Crippen LogP contribution in [0.4, 0.5) is 5.82 Å². The molecule has 102 valence electrons. The molecule has 0 aliphatic carbocycles. The number of allylic oxidation sites excluding steroid dienone is 1. The van der Waals surface area contributed by atoms with E-state index in [0.717, 1.165) is 5.57 Å². The largest absolute Gasteiger partial charge is 0.444 e. The number of imidazole rings is 1. The molecule has 0 radical (unpaired) electrons. The zero-order valence-electron chi connectivity index (χ0n) is 10.5. The average molecular weight is 265 g/mol. The summed E-state index contributed by atoms with van der Waals surface area (Å²) >= 11 is 0. The normalized spacial score (nSPS) is 18.6. The highest BCUT2D eigenvalue weighted by molar-refractivity contribution is 5.76. The van der Waals surface area contributed by atoms with Crippen LogP contribution in [-0.4, -0.2) is 39.9 Å². The minimum atomic E-state index is -0.538. The highest BCUT2D eigenvalue weighted by Gasteiger charge is 2.27. The zero-order valence-corrected chi connectivity index (χ0v) is 10.5. The summed E-state index contributed by atoms with van der Waals surface area (Å²) in [4.78, 5) is 13.9. The van der Waals surface area contributed by atoms with Gasteiger partial charge in [0.2, 0.25) is 0 Å². The molecule has 0 aromatic carbocycles. The van der Waals surface area contributed by atoms with Crippen LogP contribution in [0.5, 0.6) is 6.01 Å². The SMILES string of the molecule is C/C=C(\C=N)CN[C@@H]1COc2nc([N+](=O)[O-])cn2C1. The third-order valence-corrected chi connectivity index (χ3v) is 2.90. The lowest BCUT2D eigenvalue weighted by atomic mass is 10.2. The Hall–Kier alpha value is -2.22. The highest BCUT2D eigenvalue weighted by Crippen LogP contribution is 2.21. The summed E-state index contributed by atoms with van der Waals surface area (Å²) in [5, 5.41) is 21.0. The van der Waals surface area contributed by atoms with Gasteiger partial charge >= 0.3 is 11.8 Å². The van der Waals surface area contributed by atoms with E-state index in [2.05, 4.69) is 10.3 Å². The molecule has 0 unspecified atom stereocenters. The molecular weight excluding hydrogens is 250 g/mol. The van der Waals surface area contributed by atoms with E-state index in [1.165, 1.54) is 12.4 Å². The summed E-state index contributed by atoms with van der Waals surface area (Å²) in [5.41, 5.74) is 0.877. The van der Waals surface area contributed by atoms with Crippen LogP contribution >= 0.6 is 0 Å². The van der Waals surface area contributed by atoms with Crippen LogP contribution in [0, 0.1) is 15.5 Å². The lowest BCUT2D eigenvalue weighted by Gasteiger charge is -2.23. The first kappa shape index (κ1) is 13.2. The Bertz CT molecular complexity index is 522. The van der Waals surface area contributed by atoms with E-state index in [-0.39, 0.29) is 17.9 Å². The fourth-order valence-corrected chi connectivity index (χ4v) is 1.81. The highest BCUT2D eigenvalue weighted by atomic mass is 16.6. The first-order valence-electron chi connectivity index (χ1n) is 5.87. The maximum atomic E-state index is 10.6. The Balaban J connectivity index is 1.98. The molecule has 0 saturated heterocycles. The monoisotopic (exact) mass is 265 g/mol. The molecule has 19 heavy (non-hydrogen) atoms.